The van der Waals surface area contributed by atoms with E-state index in [2.05, 4.69) is 4.99 Å². The Morgan fingerprint density at radius 3 is 2.04 bits per heavy atom. The lowest BCUT2D eigenvalue weighted by Crippen LogP contribution is -2.16. The fourth-order valence-corrected chi connectivity index (χ4v) is 6.21. The molecule has 0 aromatic heterocycles. The number of nitrogens with zero attached hydrogens (tertiary/aromatic N) is 1. The number of benzene rings is 1. The summed E-state index contributed by atoms with van der Waals surface area (Å²) in [5.41, 5.74) is 0.747. The quantitative estimate of drug-likeness (QED) is 0.384. The number of carbonyl (C=O) groups excluding carboxylic acids is 2. The van der Waals surface area contributed by atoms with Crippen molar-refractivity contribution in [2.75, 3.05) is 27.4 Å². The summed E-state index contributed by atoms with van der Waals surface area (Å²) >= 11 is 5.81. The molecule has 0 spiro atoms. The van der Waals surface area contributed by atoms with Gasteiger partial charge in [0.05, 0.1) is 44.8 Å². The highest BCUT2D eigenvalue weighted by atomic mass is 127. The molecule has 1 fully saturated rings. The number of aliphatic hydroxyl groups is 1. The smallest absolute Gasteiger partial charge is 0.389 e. The van der Waals surface area contributed by atoms with E-state index in [0.29, 0.717) is 16.4 Å². The Morgan fingerprint density at radius 1 is 1.12 bits per heavy atom. The van der Waals surface area contributed by atoms with Crippen molar-refractivity contribution in [2.24, 2.45) is 4.99 Å². The highest BCUT2D eigenvalue weighted by molar-refractivity contribution is 14.1. The topological polar surface area (TPSA) is 104 Å². The second-order valence-electron chi connectivity index (χ2n) is 4.63. The highest BCUT2D eigenvalue weighted by Gasteiger charge is 2.30. The molecule has 11 heteroatoms. The molecule has 1 aromatic carbocycles. The summed E-state index contributed by atoms with van der Waals surface area (Å²) in [5.74, 6) is -1.20. The maximum absolute atomic E-state index is 12.2. The number of methoxy groups -OCH3 is 2. The van der Waals surface area contributed by atoms with Crippen LogP contribution in [0.5, 0.6) is 0 Å². The van der Waals surface area contributed by atoms with Gasteiger partial charge in [-0.05, 0) is 67.8 Å². The molecule has 136 valence electrons. The van der Waals surface area contributed by atoms with Crippen molar-refractivity contribution in [1.82, 2.24) is 0 Å². The lowest BCUT2D eigenvalue weighted by molar-refractivity contribution is 0.0595. The summed E-state index contributed by atoms with van der Waals surface area (Å²) in [5, 5.41) is 9.11. The normalized spacial score (nSPS) is 17.8. The van der Waals surface area contributed by atoms with E-state index in [1.165, 1.54) is 14.2 Å². The van der Waals surface area contributed by atoms with Gasteiger partial charge >= 0.3 is 18.0 Å². The van der Waals surface area contributed by atoms with Crippen molar-refractivity contribution < 1.29 is 33.6 Å². The zero-order chi connectivity index (χ0) is 18.7. The zero-order valence-corrected chi connectivity index (χ0v) is 19.4. The van der Waals surface area contributed by atoms with Crippen LogP contribution in [0.25, 0.3) is 0 Å². The molecule has 1 N–H and O–H groups in total. The number of halogens is 3. The van der Waals surface area contributed by atoms with Crippen LogP contribution >= 0.6 is 67.8 Å². The van der Waals surface area contributed by atoms with Gasteiger partial charge in [-0.3, -0.25) is 0 Å². The Morgan fingerprint density at radius 2 is 1.64 bits per heavy atom. The molecule has 0 radical (unpaired) electrons. The minimum atomic E-state index is -0.599. The SMILES string of the molecule is COC(=O)c1c(I)c(N=C2OCC(CO)O2)c(I)c(C(=O)OC)c1I. The molecule has 0 aliphatic carbocycles. The average molecular weight is 687 g/mol. The summed E-state index contributed by atoms with van der Waals surface area (Å²) in [6.45, 7) is -0.0404. The van der Waals surface area contributed by atoms with E-state index in [1.54, 1.807) is 0 Å². The van der Waals surface area contributed by atoms with E-state index >= 15 is 0 Å². The predicted molar refractivity (Wildman–Crippen MR) is 112 cm³/mol. The molecule has 1 heterocycles. The Hall–Kier alpha value is -0.420. The van der Waals surface area contributed by atoms with E-state index in [-0.39, 0.29) is 30.4 Å². The first-order valence-electron chi connectivity index (χ1n) is 6.71. The monoisotopic (exact) mass is 687 g/mol. The number of rotatable bonds is 4. The maximum Gasteiger partial charge on any atom is 0.389 e. The van der Waals surface area contributed by atoms with Crippen LogP contribution in [0.2, 0.25) is 0 Å². The third-order valence-electron chi connectivity index (χ3n) is 3.14. The fourth-order valence-electron chi connectivity index (χ4n) is 1.93. The van der Waals surface area contributed by atoms with Crippen LogP contribution in [0.1, 0.15) is 20.7 Å². The van der Waals surface area contributed by atoms with E-state index in [4.69, 9.17) is 24.1 Å². The Labute approximate surface area is 184 Å². The van der Waals surface area contributed by atoms with Crippen molar-refractivity contribution >= 4 is 91.5 Å². The molecule has 1 aromatic rings. The standard InChI is InChI=1S/C14H12I3NO7/c1-22-12(20)6-8(15)7(13(21)23-2)10(17)11(9(6)16)18-14-24-4-5(3-19)25-14/h5,19H,3-4H2,1-2H3. The third-order valence-corrected chi connectivity index (χ3v) is 6.32. The van der Waals surface area contributed by atoms with Gasteiger partial charge in [-0.1, -0.05) is 0 Å². The molecular formula is C14H12I3NO7. The highest BCUT2D eigenvalue weighted by Crippen LogP contribution is 2.38. The number of hydrogen-bond donors (Lipinski definition) is 1. The molecule has 1 atom stereocenters. The predicted octanol–water partition coefficient (Wildman–Crippen LogP) is 2.47. The summed E-state index contributed by atoms with van der Waals surface area (Å²) < 4.78 is 21.6. The van der Waals surface area contributed by atoms with Crippen LogP contribution in [0.3, 0.4) is 0 Å². The zero-order valence-electron chi connectivity index (χ0n) is 13.0. The number of hydrogen-bond acceptors (Lipinski definition) is 8. The third kappa shape index (κ3) is 4.29. The van der Waals surface area contributed by atoms with Crippen LogP contribution < -0.4 is 0 Å². The van der Waals surface area contributed by atoms with Crippen LogP contribution in [0.15, 0.2) is 4.99 Å². The van der Waals surface area contributed by atoms with E-state index in [9.17, 15) is 9.59 Å². The molecule has 0 amide bonds. The van der Waals surface area contributed by atoms with Crippen LogP contribution in [0, 0.1) is 10.7 Å². The fraction of sp³-hybridized carbons (Fsp3) is 0.357. The molecule has 8 nitrogen and oxygen atoms in total. The Balaban J connectivity index is 2.68. The molecule has 0 saturated carbocycles. The summed E-state index contributed by atoms with van der Waals surface area (Å²) in [4.78, 5) is 28.7. The number of aliphatic imine (C=N–C) groups is 1. The van der Waals surface area contributed by atoms with Crippen LogP contribution in [-0.4, -0.2) is 56.7 Å². The Kier molecular flexibility index (Phi) is 7.51. The van der Waals surface area contributed by atoms with Gasteiger partial charge in [0, 0.05) is 3.57 Å². The minimum Gasteiger partial charge on any atom is -0.465 e. The Bertz CT molecular complexity index is 707. The van der Waals surface area contributed by atoms with Crippen molar-refractivity contribution in [3.05, 3.63) is 21.8 Å². The first-order chi connectivity index (χ1) is 11.8. The van der Waals surface area contributed by atoms with Crippen molar-refractivity contribution in [3.8, 4) is 0 Å². The second kappa shape index (κ2) is 8.98. The van der Waals surface area contributed by atoms with Gasteiger partial charge in [0.25, 0.3) is 0 Å². The molecular weight excluding hydrogens is 675 g/mol. The number of aliphatic hydroxyl groups excluding tert-OH is 1. The van der Waals surface area contributed by atoms with Gasteiger partial charge in [-0.25, -0.2) is 9.59 Å². The lowest BCUT2D eigenvalue weighted by Gasteiger charge is -2.15. The van der Waals surface area contributed by atoms with Crippen molar-refractivity contribution in [3.63, 3.8) is 0 Å². The molecule has 1 aliphatic heterocycles. The molecule has 1 saturated heterocycles. The number of ether oxygens (including phenoxy) is 4. The molecule has 0 bridgehead atoms. The van der Waals surface area contributed by atoms with E-state index < -0.39 is 18.0 Å². The lowest BCUT2D eigenvalue weighted by atomic mass is 10.1. The summed E-state index contributed by atoms with van der Waals surface area (Å²) in [6.07, 6.45) is -0.541. The van der Waals surface area contributed by atoms with Crippen molar-refractivity contribution in [1.29, 1.82) is 0 Å². The largest absolute Gasteiger partial charge is 0.465 e. The maximum atomic E-state index is 12.2. The van der Waals surface area contributed by atoms with Gasteiger partial charge in [0.15, 0.2) is 6.10 Å². The number of esters is 2. The van der Waals surface area contributed by atoms with Gasteiger partial charge in [-0.2, -0.15) is 4.99 Å². The van der Waals surface area contributed by atoms with Crippen molar-refractivity contribution in [2.45, 2.75) is 6.10 Å². The van der Waals surface area contributed by atoms with Crippen LogP contribution in [-0.2, 0) is 18.9 Å². The van der Waals surface area contributed by atoms with Gasteiger partial charge in [-0.15, -0.1) is 0 Å². The van der Waals surface area contributed by atoms with Gasteiger partial charge in [0.2, 0.25) is 0 Å². The van der Waals surface area contributed by atoms with E-state index in [0.717, 1.165) is 0 Å². The van der Waals surface area contributed by atoms with Gasteiger partial charge in [0.1, 0.15) is 6.61 Å². The summed E-state index contributed by atoms with van der Waals surface area (Å²) in [7, 11) is 2.51. The second-order valence-corrected chi connectivity index (χ2v) is 7.87. The molecule has 2 rings (SSSR count). The number of carbonyl (C=O) groups is 2. The molecule has 1 aliphatic rings. The summed E-state index contributed by atoms with van der Waals surface area (Å²) in [6, 6.07) is 0. The van der Waals surface area contributed by atoms with E-state index in [1.807, 2.05) is 67.8 Å². The first-order valence-corrected chi connectivity index (χ1v) is 9.95. The molecule has 25 heavy (non-hydrogen) atoms. The minimum absolute atomic E-state index is 0.0391. The average Bonchev–Trinajstić information content (AvgIpc) is 3.06. The molecule has 1 unspecified atom stereocenters. The first kappa shape index (κ1) is 20.9. The van der Waals surface area contributed by atoms with Crippen LogP contribution in [0.4, 0.5) is 5.69 Å². The van der Waals surface area contributed by atoms with Gasteiger partial charge < -0.3 is 24.1 Å².